The van der Waals surface area contributed by atoms with Crippen LogP contribution in [0.4, 0.5) is 0 Å². The molecule has 0 radical (unpaired) electrons. The summed E-state index contributed by atoms with van der Waals surface area (Å²) in [5.74, 6) is 0. The topological polar surface area (TPSA) is 52.9 Å². The minimum Gasteiger partial charge on any atom is -0.340 e. The van der Waals surface area contributed by atoms with E-state index in [0.29, 0.717) is 6.41 Å². The fraction of sp³-hybridized carbons (Fsp3) is 0.667. The van der Waals surface area contributed by atoms with Gasteiger partial charge in [0.05, 0.1) is 6.07 Å². The summed E-state index contributed by atoms with van der Waals surface area (Å²) in [6.07, 6.45) is 3.27. The molecule has 1 aliphatic carbocycles. The highest BCUT2D eigenvalue weighted by Crippen LogP contribution is 2.30. The molecule has 1 fully saturated rings. The number of carbonyl (C=O) groups is 1. The molecule has 0 saturated heterocycles. The van der Waals surface area contributed by atoms with Crippen molar-refractivity contribution in [1.82, 2.24) is 5.32 Å². The zero-order chi connectivity index (χ0) is 6.74. The fourth-order valence-electron chi connectivity index (χ4n) is 0.932. The van der Waals surface area contributed by atoms with Crippen molar-refractivity contribution in [2.24, 2.45) is 0 Å². The highest BCUT2D eigenvalue weighted by atomic mass is 16.1. The van der Waals surface area contributed by atoms with Gasteiger partial charge < -0.3 is 5.32 Å². The average Bonchev–Trinajstić information content (AvgIpc) is 1.79. The van der Waals surface area contributed by atoms with E-state index >= 15 is 0 Å². The van der Waals surface area contributed by atoms with Gasteiger partial charge >= 0.3 is 0 Å². The summed E-state index contributed by atoms with van der Waals surface area (Å²) < 4.78 is 0. The summed E-state index contributed by atoms with van der Waals surface area (Å²) in [6, 6.07) is 2.07. The van der Waals surface area contributed by atoms with Gasteiger partial charge in [-0.15, -0.1) is 0 Å². The monoisotopic (exact) mass is 124 g/mol. The molecule has 1 rings (SSSR count). The van der Waals surface area contributed by atoms with Gasteiger partial charge in [0.25, 0.3) is 0 Å². The lowest BCUT2D eigenvalue weighted by atomic mass is 9.78. The molecule has 0 aromatic heterocycles. The van der Waals surface area contributed by atoms with Crippen LogP contribution in [-0.4, -0.2) is 11.9 Å². The third-order valence-corrected chi connectivity index (χ3v) is 1.76. The predicted molar refractivity (Wildman–Crippen MR) is 31.4 cm³/mol. The van der Waals surface area contributed by atoms with E-state index in [1.165, 1.54) is 0 Å². The molecule has 0 aromatic rings. The maximum absolute atomic E-state index is 9.91. The van der Waals surface area contributed by atoms with Gasteiger partial charge in [0.1, 0.15) is 5.54 Å². The van der Waals surface area contributed by atoms with Crippen molar-refractivity contribution in [3.05, 3.63) is 0 Å². The summed E-state index contributed by atoms with van der Waals surface area (Å²) in [5, 5.41) is 11.0. The van der Waals surface area contributed by atoms with Gasteiger partial charge in [-0.05, 0) is 19.3 Å². The van der Waals surface area contributed by atoms with Crippen molar-refractivity contribution in [2.45, 2.75) is 24.8 Å². The van der Waals surface area contributed by atoms with Crippen molar-refractivity contribution < 1.29 is 4.79 Å². The Kier molecular flexibility index (Phi) is 1.39. The minimum absolute atomic E-state index is 0.498. The number of nitrogens with one attached hydrogen (secondary N) is 1. The molecule has 0 aromatic carbocycles. The van der Waals surface area contributed by atoms with E-state index in [9.17, 15) is 4.79 Å². The van der Waals surface area contributed by atoms with Gasteiger partial charge in [-0.2, -0.15) is 5.26 Å². The van der Waals surface area contributed by atoms with Crippen molar-refractivity contribution in [1.29, 1.82) is 5.26 Å². The lowest BCUT2D eigenvalue weighted by Gasteiger charge is -2.33. The fourth-order valence-corrected chi connectivity index (χ4v) is 0.932. The minimum atomic E-state index is -0.498. The number of nitrogens with zero attached hydrogens (tertiary/aromatic N) is 1. The molecule has 3 heteroatoms. The lowest BCUT2D eigenvalue weighted by Crippen LogP contribution is -2.48. The van der Waals surface area contributed by atoms with E-state index in [1.807, 2.05) is 0 Å². The Bertz CT molecular complexity index is 155. The molecule has 0 heterocycles. The largest absolute Gasteiger partial charge is 0.340 e. The maximum atomic E-state index is 9.91. The summed E-state index contributed by atoms with van der Waals surface area (Å²) in [6.45, 7) is 0. The molecule has 48 valence electrons. The number of rotatable bonds is 2. The SMILES string of the molecule is N#CC1(NC=O)CCC1. The molecule has 0 atom stereocenters. The second-order valence-electron chi connectivity index (χ2n) is 2.31. The van der Waals surface area contributed by atoms with E-state index in [1.54, 1.807) is 0 Å². The van der Waals surface area contributed by atoms with Crippen LogP contribution >= 0.6 is 0 Å². The van der Waals surface area contributed by atoms with Crippen LogP contribution in [0, 0.1) is 11.3 Å². The van der Waals surface area contributed by atoms with Gasteiger partial charge in [0.15, 0.2) is 0 Å². The smallest absolute Gasteiger partial charge is 0.208 e. The highest BCUT2D eigenvalue weighted by Gasteiger charge is 2.36. The van der Waals surface area contributed by atoms with Crippen LogP contribution in [0.5, 0.6) is 0 Å². The van der Waals surface area contributed by atoms with Gasteiger partial charge in [0, 0.05) is 0 Å². The molecule has 1 saturated carbocycles. The molecule has 0 unspecified atom stereocenters. The Morgan fingerprint density at radius 3 is 2.44 bits per heavy atom. The Morgan fingerprint density at radius 1 is 1.67 bits per heavy atom. The molecule has 0 spiro atoms. The molecule has 1 N–H and O–H groups in total. The second-order valence-corrected chi connectivity index (χ2v) is 2.31. The van der Waals surface area contributed by atoms with Crippen LogP contribution in [-0.2, 0) is 4.79 Å². The number of hydrogen-bond donors (Lipinski definition) is 1. The number of carbonyl (C=O) groups excluding carboxylic acids is 1. The first kappa shape index (κ1) is 6.09. The van der Waals surface area contributed by atoms with Crippen molar-refractivity contribution in [3.63, 3.8) is 0 Å². The first-order valence-corrected chi connectivity index (χ1v) is 2.96. The Balaban J connectivity index is 2.49. The summed E-state index contributed by atoms with van der Waals surface area (Å²) >= 11 is 0. The Hall–Kier alpha value is -1.04. The first-order valence-electron chi connectivity index (χ1n) is 2.96. The molecule has 9 heavy (non-hydrogen) atoms. The van der Waals surface area contributed by atoms with Crippen LogP contribution in [0.1, 0.15) is 19.3 Å². The van der Waals surface area contributed by atoms with E-state index in [4.69, 9.17) is 5.26 Å². The molecule has 1 aliphatic rings. The van der Waals surface area contributed by atoms with Crippen molar-refractivity contribution >= 4 is 6.41 Å². The van der Waals surface area contributed by atoms with Crippen LogP contribution in [0.3, 0.4) is 0 Å². The molecular weight excluding hydrogens is 116 g/mol. The Morgan fingerprint density at radius 2 is 2.33 bits per heavy atom. The number of nitriles is 1. The Labute approximate surface area is 53.7 Å². The maximum Gasteiger partial charge on any atom is 0.208 e. The summed E-state index contributed by atoms with van der Waals surface area (Å²) in [7, 11) is 0. The molecular formula is C6H8N2O. The molecule has 0 aliphatic heterocycles. The first-order chi connectivity index (χ1) is 4.33. The van der Waals surface area contributed by atoms with Crippen molar-refractivity contribution in [2.75, 3.05) is 0 Å². The zero-order valence-electron chi connectivity index (χ0n) is 5.05. The summed E-state index contributed by atoms with van der Waals surface area (Å²) in [4.78, 5) is 9.91. The van der Waals surface area contributed by atoms with Crippen LogP contribution in [0.25, 0.3) is 0 Å². The third-order valence-electron chi connectivity index (χ3n) is 1.76. The standard InChI is InChI=1S/C6H8N2O/c7-4-6(8-5-9)2-1-3-6/h5H,1-3H2,(H,8,9). The number of amides is 1. The lowest BCUT2D eigenvalue weighted by molar-refractivity contribution is -0.111. The van der Waals surface area contributed by atoms with Gasteiger partial charge in [0.2, 0.25) is 6.41 Å². The average molecular weight is 124 g/mol. The van der Waals surface area contributed by atoms with Gasteiger partial charge in [-0.3, -0.25) is 4.79 Å². The normalized spacial score (nSPS) is 21.2. The van der Waals surface area contributed by atoms with E-state index in [2.05, 4.69) is 11.4 Å². The zero-order valence-corrected chi connectivity index (χ0v) is 5.05. The molecule has 1 amide bonds. The van der Waals surface area contributed by atoms with Gasteiger partial charge in [-0.25, -0.2) is 0 Å². The highest BCUT2D eigenvalue weighted by molar-refractivity contribution is 5.50. The van der Waals surface area contributed by atoms with E-state index in [-0.39, 0.29) is 0 Å². The summed E-state index contributed by atoms with van der Waals surface area (Å²) in [5.41, 5.74) is -0.498. The van der Waals surface area contributed by atoms with E-state index in [0.717, 1.165) is 19.3 Å². The quantitative estimate of drug-likeness (QED) is 0.534. The molecule has 0 bridgehead atoms. The van der Waals surface area contributed by atoms with Crippen molar-refractivity contribution in [3.8, 4) is 6.07 Å². The van der Waals surface area contributed by atoms with Crippen LogP contribution in [0.2, 0.25) is 0 Å². The van der Waals surface area contributed by atoms with E-state index < -0.39 is 5.54 Å². The second kappa shape index (κ2) is 2.06. The third kappa shape index (κ3) is 0.879. The molecule has 3 nitrogen and oxygen atoms in total. The number of hydrogen-bond acceptors (Lipinski definition) is 2. The van der Waals surface area contributed by atoms with Crippen LogP contribution in [0.15, 0.2) is 0 Å². The van der Waals surface area contributed by atoms with Gasteiger partial charge in [-0.1, -0.05) is 0 Å². The van der Waals surface area contributed by atoms with Crippen LogP contribution < -0.4 is 5.32 Å². The predicted octanol–water partition coefficient (Wildman–Crippen LogP) is 0.179.